The molecule has 1 nitrogen and oxygen atoms in total. The van der Waals surface area contributed by atoms with Gasteiger partial charge in [0.1, 0.15) is 0 Å². The smallest absolute Gasteiger partial charge is 0.280 e. The van der Waals surface area contributed by atoms with E-state index < -0.39 is 16.5 Å². The van der Waals surface area contributed by atoms with E-state index in [2.05, 4.69) is 27.5 Å². The molecule has 0 heterocycles. The van der Waals surface area contributed by atoms with Crippen LogP contribution in [-0.2, 0) is 4.79 Å². The third-order valence-electron chi connectivity index (χ3n) is 0.455. The van der Waals surface area contributed by atoms with Gasteiger partial charge in [0.05, 0.1) is 5.88 Å². The highest BCUT2D eigenvalue weighted by atomic mass is 79.9. The van der Waals surface area contributed by atoms with Gasteiger partial charge in [-0.2, -0.15) is 8.78 Å². The van der Waals surface area contributed by atoms with E-state index in [9.17, 15) is 13.6 Å². The minimum atomic E-state index is -3.42. The van der Waals surface area contributed by atoms with Crippen LogP contribution in [0.4, 0.5) is 8.78 Å². The van der Waals surface area contributed by atoms with Crippen molar-refractivity contribution in [3.05, 3.63) is 0 Å². The van der Waals surface area contributed by atoms with Crippen molar-refractivity contribution in [2.24, 2.45) is 0 Å². The minimum Gasteiger partial charge on any atom is -0.280 e. The molecule has 0 bridgehead atoms. The zero-order valence-corrected chi connectivity index (χ0v) is 5.97. The van der Waals surface area contributed by atoms with Gasteiger partial charge in [-0.3, -0.25) is 4.79 Å². The SMILES string of the molecule is O=C(Br)C(F)(F)CCl. The van der Waals surface area contributed by atoms with Gasteiger partial charge in [0.25, 0.3) is 4.69 Å². The van der Waals surface area contributed by atoms with Crippen LogP contribution >= 0.6 is 27.5 Å². The Morgan fingerprint density at radius 3 is 2.12 bits per heavy atom. The van der Waals surface area contributed by atoms with Gasteiger partial charge in [0.15, 0.2) is 0 Å². The summed E-state index contributed by atoms with van der Waals surface area (Å²) in [6.07, 6.45) is 0. The number of carbonyl (C=O) groups is 1. The highest BCUT2D eigenvalue weighted by molar-refractivity contribution is 9.18. The van der Waals surface area contributed by atoms with E-state index in [1.165, 1.54) is 0 Å². The van der Waals surface area contributed by atoms with Crippen molar-refractivity contribution in [1.29, 1.82) is 0 Å². The molecule has 0 saturated heterocycles. The summed E-state index contributed by atoms with van der Waals surface area (Å²) in [7, 11) is 0. The Balaban J connectivity index is 3.91. The number of halogens is 4. The van der Waals surface area contributed by atoms with Crippen LogP contribution in [-0.4, -0.2) is 16.5 Å². The van der Waals surface area contributed by atoms with Crippen LogP contribution in [0, 0.1) is 0 Å². The molecule has 0 fully saturated rings. The molecule has 8 heavy (non-hydrogen) atoms. The van der Waals surface area contributed by atoms with Gasteiger partial charge in [0, 0.05) is 0 Å². The van der Waals surface area contributed by atoms with Gasteiger partial charge < -0.3 is 0 Å². The number of rotatable bonds is 2. The van der Waals surface area contributed by atoms with Crippen LogP contribution in [0.25, 0.3) is 0 Å². The summed E-state index contributed by atoms with van der Waals surface area (Å²) in [4.78, 5) is 9.78. The Labute approximate surface area is 58.1 Å². The lowest BCUT2D eigenvalue weighted by molar-refractivity contribution is -0.129. The molecule has 0 amide bonds. The summed E-state index contributed by atoms with van der Waals surface area (Å²) in [6, 6.07) is 0. The normalized spacial score (nSPS) is 11.5. The maximum Gasteiger partial charge on any atom is 0.328 e. The molecule has 48 valence electrons. The molecule has 0 aliphatic carbocycles. The maximum absolute atomic E-state index is 11.7. The Bertz CT molecular complexity index is 105. The second-order valence-electron chi connectivity index (χ2n) is 1.11. The van der Waals surface area contributed by atoms with Gasteiger partial charge in [-0.15, -0.1) is 11.6 Å². The van der Waals surface area contributed by atoms with E-state index >= 15 is 0 Å². The third-order valence-corrected chi connectivity index (χ3v) is 1.37. The van der Waals surface area contributed by atoms with Crippen LogP contribution in [0.3, 0.4) is 0 Å². The minimum absolute atomic E-state index is 0.975. The standard InChI is InChI=1S/C3H2BrClF2O/c4-2(8)3(6,7)1-5/h1H2. The Morgan fingerprint density at radius 2 is 2.12 bits per heavy atom. The van der Waals surface area contributed by atoms with E-state index in [0.717, 1.165) is 0 Å². The Hall–Kier alpha value is 0.300. The van der Waals surface area contributed by atoms with Gasteiger partial charge in [-0.1, -0.05) is 0 Å². The first-order valence-electron chi connectivity index (χ1n) is 1.64. The summed E-state index contributed by atoms with van der Waals surface area (Å²) >= 11 is 6.77. The molecular formula is C3H2BrClF2O. The van der Waals surface area contributed by atoms with Crippen LogP contribution in [0.1, 0.15) is 0 Å². The van der Waals surface area contributed by atoms with Crippen molar-refractivity contribution in [2.75, 3.05) is 5.88 Å². The predicted octanol–water partition coefficient (Wildman–Crippen LogP) is 1.78. The van der Waals surface area contributed by atoms with Crippen molar-refractivity contribution < 1.29 is 13.6 Å². The highest BCUT2D eigenvalue weighted by Gasteiger charge is 2.35. The van der Waals surface area contributed by atoms with Crippen molar-refractivity contribution in [1.82, 2.24) is 0 Å². The van der Waals surface area contributed by atoms with E-state index in [0.29, 0.717) is 0 Å². The first-order valence-corrected chi connectivity index (χ1v) is 2.97. The first-order chi connectivity index (χ1) is 3.50. The van der Waals surface area contributed by atoms with Crippen molar-refractivity contribution in [3.8, 4) is 0 Å². The van der Waals surface area contributed by atoms with Crippen molar-refractivity contribution in [2.45, 2.75) is 5.92 Å². The van der Waals surface area contributed by atoms with Crippen molar-refractivity contribution >= 4 is 32.2 Å². The van der Waals surface area contributed by atoms with E-state index in [4.69, 9.17) is 0 Å². The fourth-order valence-corrected chi connectivity index (χ4v) is 0.475. The molecule has 0 spiro atoms. The number of carbonyl (C=O) groups excluding carboxylic acids is 1. The maximum atomic E-state index is 11.7. The molecule has 0 aliphatic rings. The predicted molar refractivity (Wildman–Crippen MR) is 29.6 cm³/mol. The van der Waals surface area contributed by atoms with Gasteiger partial charge >= 0.3 is 5.92 Å². The molecule has 0 aromatic carbocycles. The molecule has 5 heteroatoms. The third kappa shape index (κ3) is 2.05. The zero-order valence-electron chi connectivity index (χ0n) is 3.63. The van der Waals surface area contributed by atoms with Gasteiger partial charge in [0.2, 0.25) is 0 Å². The van der Waals surface area contributed by atoms with E-state index in [1.54, 1.807) is 0 Å². The fourth-order valence-electron chi connectivity index (χ4n) is 0.0525. The second-order valence-corrected chi connectivity index (χ2v) is 2.10. The molecule has 0 aliphatic heterocycles. The summed E-state index contributed by atoms with van der Waals surface area (Å²) in [5.74, 6) is -4.39. The molecule has 0 rings (SSSR count). The number of hydrogen-bond donors (Lipinski definition) is 0. The lowest BCUT2D eigenvalue weighted by Gasteiger charge is -2.03. The topological polar surface area (TPSA) is 17.1 Å². The first kappa shape index (κ1) is 8.30. The monoisotopic (exact) mass is 206 g/mol. The highest BCUT2D eigenvalue weighted by Crippen LogP contribution is 2.19. The Kier molecular flexibility index (Phi) is 2.83. The van der Waals surface area contributed by atoms with E-state index in [1.807, 2.05) is 0 Å². The zero-order chi connectivity index (χ0) is 6.78. The summed E-state index contributed by atoms with van der Waals surface area (Å²) in [5.41, 5.74) is 0. The lowest BCUT2D eigenvalue weighted by Crippen LogP contribution is -2.25. The largest absolute Gasteiger partial charge is 0.328 e. The summed E-state index contributed by atoms with van der Waals surface area (Å²) in [6.45, 7) is 0. The van der Waals surface area contributed by atoms with Crippen molar-refractivity contribution in [3.63, 3.8) is 0 Å². The van der Waals surface area contributed by atoms with Crippen LogP contribution < -0.4 is 0 Å². The molecule has 0 aromatic rings. The average molecular weight is 207 g/mol. The number of alkyl halides is 3. The second kappa shape index (κ2) is 2.73. The molecule has 0 unspecified atom stereocenters. The molecule has 0 radical (unpaired) electrons. The fraction of sp³-hybridized carbons (Fsp3) is 0.667. The molecule has 0 N–H and O–H groups in total. The molecule has 0 aromatic heterocycles. The summed E-state index contributed by atoms with van der Waals surface area (Å²) in [5, 5.41) is 0. The van der Waals surface area contributed by atoms with Crippen LogP contribution in [0.5, 0.6) is 0 Å². The molecule has 0 saturated carbocycles. The van der Waals surface area contributed by atoms with Crippen LogP contribution in [0.2, 0.25) is 0 Å². The molecular weight excluding hydrogens is 205 g/mol. The van der Waals surface area contributed by atoms with Crippen LogP contribution in [0.15, 0.2) is 0 Å². The summed E-state index contributed by atoms with van der Waals surface area (Å²) < 4.78 is 22.1. The van der Waals surface area contributed by atoms with Gasteiger partial charge in [-0.05, 0) is 15.9 Å². The quantitative estimate of drug-likeness (QED) is 0.498. The average Bonchev–Trinajstić information content (AvgIpc) is 1.67. The van der Waals surface area contributed by atoms with E-state index in [-0.39, 0.29) is 0 Å². The molecule has 0 atom stereocenters. The lowest BCUT2D eigenvalue weighted by atomic mass is 10.4. The van der Waals surface area contributed by atoms with Gasteiger partial charge in [-0.25, -0.2) is 0 Å². The Morgan fingerprint density at radius 1 is 1.75 bits per heavy atom. The number of hydrogen-bond acceptors (Lipinski definition) is 1.